The minimum atomic E-state index is 0.320. The van der Waals surface area contributed by atoms with Crippen LogP contribution in [0.5, 0.6) is 5.75 Å². The first-order valence-electron chi connectivity index (χ1n) is 7.26. The Morgan fingerprint density at radius 2 is 1.86 bits per heavy atom. The molecule has 1 unspecified atom stereocenters. The summed E-state index contributed by atoms with van der Waals surface area (Å²) in [6, 6.07) is 15.1. The van der Waals surface area contributed by atoms with E-state index in [0.717, 1.165) is 23.2 Å². The van der Waals surface area contributed by atoms with E-state index in [0.29, 0.717) is 6.04 Å². The van der Waals surface area contributed by atoms with E-state index in [9.17, 15) is 0 Å². The molecular formula is C18H22BrNO. The van der Waals surface area contributed by atoms with Crippen molar-refractivity contribution >= 4 is 15.9 Å². The summed E-state index contributed by atoms with van der Waals surface area (Å²) >= 11 is 3.58. The lowest BCUT2D eigenvalue weighted by Crippen LogP contribution is -2.23. The van der Waals surface area contributed by atoms with Gasteiger partial charge in [0.05, 0.1) is 7.11 Å². The maximum absolute atomic E-state index is 5.22. The summed E-state index contributed by atoms with van der Waals surface area (Å²) in [6.07, 6.45) is 0.967. The number of halogens is 1. The molecule has 0 heterocycles. The normalized spacial score (nSPS) is 12.2. The van der Waals surface area contributed by atoms with Crippen molar-refractivity contribution in [2.75, 3.05) is 13.7 Å². The Balaban J connectivity index is 2.23. The van der Waals surface area contributed by atoms with E-state index in [4.69, 9.17) is 4.74 Å². The number of hydrogen-bond donors (Lipinski definition) is 1. The fourth-order valence-electron chi connectivity index (χ4n) is 2.52. The molecule has 112 valence electrons. The highest BCUT2D eigenvalue weighted by Gasteiger charge is 2.14. The number of benzene rings is 2. The molecule has 2 aromatic carbocycles. The maximum atomic E-state index is 5.22. The Morgan fingerprint density at radius 3 is 2.48 bits per heavy atom. The van der Waals surface area contributed by atoms with E-state index in [1.54, 1.807) is 7.11 Å². The molecule has 0 aliphatic heterocycles. The first-order valence-corrected chi connectivity index (χ1v) is 8.05. The van der Waals surface area contributed by atoms with Crippen LogP contribution in [0.4, 0.5) is 0 Å². The van der Waals surface area contributed by atoms with Crippen molar-refractivity contribution in [2.45, 2.75) is 26.3 Å². The van der Waals surface area contributed by atoms with Gasteiger partial charge in [-0.1, -0.05) is 41.1 Å². The van der Waals surface area contributed by atoms with Gasteiger partial charge < -0.3 is 10.1 Å². The predicted octanol–water partition coefficient (Wildman–Crippen LogP) is 4.66. The molecule has 0 bridgehead atoms. The third-order valence-electron chi connectivity index (χ3n) is 3.67. The van der Waals surface area contributed by atoms with Crippen LogP contribution < -0.4 is 10.1 Å². The Labute approximate surface area is 135 Å². The van der Waals surface area contributed by atoms with Gasteiger partial charge in [-0.3, -0.25) is 0 Å². The molecule has 2 nitrogen and oxygen atoms in total. The lowest BCUT2D eigenvalue weighted by molar-refractivity contribution is 0.414. The van der Waals surface area contributed by atoms with Gasteiger partial charge in [0.2, 0.25) is 0 Å². The van der Waals surface area contributed by atoms with E-state index in [1.165, 1.54) is 16.7 Å². The van der Waals surface area contributed by atoms with Gasteiger partial charge in [-0.15, -0.1) is 0 Å². The monoisotopic (exact) mass is 347 g/mol. The zero-order valence-electron chi connectivity index (χ0n) is 12.8. The minimum absolute atomic E-state index is 0.320. The van der Waals surface area contributed by atoms with E-state index in [2.05, 4.69) is 65.4 Å². The molecule has 0 amide bonds. The summed E-state index contributed by atoms with van der Waals surface area (Å²) in [7, 11) is 1.70. The molecule has 0 fully saturated rings. The van der Waals surface area contributed by atoms with Crippen LogP contribution in [0.3, 0.4) is 0 Å². The van der Waals surface area contributed by atoms with Gasteiger partial charge in [0.15, 0.2) is 0 Å². The Morgan fingerprint density at radius 1 is 1.14 bits per heavy atom. The van der Waals surface area contributed by atoms with Crippen molar-refractivity contribution in [3.05, 3.63) is 63.6 Å². The molecule has 0 saturated heterocycles. The van der Waals surface area contributed by atoms with Gasteiger partial charge in [-0.2, -0.15) is 0 Å². The minimum Gasteiger partial charge on any atom is -0.497 e. The average Bonchev–Trinajstić information content (AvgIpc) is 2.50. The van der Waals surface area contributed by atoms with Gasteiger partial charge in [0, 0.05) is 10.5 Å². The predicted molar refractivity (Wildman–Crippen MR) is 92.0 cm³/mol. The van der Waals surface area contributed by atoms with Gasteiger partial charge in [-0.05, 0) is 60.8 Å². The first kappa shape index (κ1) is 16.1. The van der Waals surface area contributed by atoms with Crippen molar-refractivity contribution in [1.29, 1.82) is 0 Å². The third kappa shape index (κ3) is 4.32. The molecule has 2 rings (SSSR count). The summed E-state index contributed by atoms with van der Waals surface area (Å²) in [5.74, 6) is 0.900. The standard InChI is InChI=1S/C18H22BrNO/c1-4-20-18(17-12-15(19)8-5-13(17)2)11-14-6-9-16(21-3)10-7-14/h5-10,12,18,20H,4,11H2,1-3H3. The van der Waals surface area contributed by atoms with E-state index < -0.39 is 0 Å². The number of hydrogen-bond acceptors (Lipinski definition) is 2. The SMILES string of the molecule is CCNC(Cc1ccc(OC)cc1)c1cc(Br)ccc1C. The third-order valence-corrected chi connectivity index (χ3v) is 4.16. The lowest BCUT2D eigenvalue weighted by Gasteiger charge is -2.21. The fraction of sp³-hybridized carbons (Fsp3) is 0.333. The van der Waals surface area contributed by atoms with E-state index >= 15 is 0 Å². The van der Waals surface area contributed by atoms with Crippen LogP contribution in [0.15, 0.2) is 46.9 Å². The van der Waals surface area contributed by atoms with Crippen LogP contribution in [0, 0.1) is 6.92 Å². The molecule has 1 atom stereocenters. The number of rotatable bonds is 6. The first-order chi connectivity index (χ1) is 10.1. The van der Waals surface area contributed by atoms with Crippen LogP contribution in [-0.2, 0) is 6.42 Å². The van der Waals surface area contributed by atoms with E-state index in [-0.39, 0.29) is 0 Å². The molecule has 0 aliphatic rings. The molecule has 0 saturated carbocycles. The summed E-state index contributed by atoms with van der Waals surface area (Å²) < 4.78 is 6.34. The summed E-state index contributed by atoms with van der Waals surface area (Å²) in [4.78, 5) is 0. The van der Waals surface area contributed by atoms with Gasteiger partial charge in [-0.25, -0.2) is 0 Å². The number of aryl methyl sites for hydroxylation is 1. The zero-order valence-corrected chi connectivity index (χ0v) is 14.4. The number of methoxy groups -OCH3 is 1. The van der Waals surface area contributed by atoms with Crippen LogP contribution >= 0.6 is 15.9 Å². The molecule has 0 aromatic heterocycles. The molecule has 3 heteroatoms. The highest BCUT2D eigenvalue weighted by Crippen LogP contribution is 2.26. The number of ether oxygens (including phenoxy) is 1. The van der Waals surface area contributed by atoms with Crippen molar-refractivity contribution in [3.8, 4) is 5.75 Å². The molecule has 0 aliphatic carbocycles. The molecule has 2 aromatic rings. The number of nitrogens with one attached hydrogen (secondary N) is 1. The van der Waals surface area contributed by atoms with Crippen molar-refractivity contribution in [1.82, 2.24) is 5.32 Å². The Bertz CT molecular complexity index is 580. The second-order valence-electron chi connectivity index (χ2n) is 5.16. The summed E-state index contributed by atoms with van der Waals surface area (Å²) in [6.45, 7) is 5.27. The highest BCUT2D eigenvalue weighted by atomic mass is 79.9. The van der Waals surface area contributed by atoms with Crippen LogP contribution in [0.25, 0.3) is 0 Å². The summed E-state index contributed by atoms with van der Waals surface area (Å²) in [5.41, 5.74) is 3.97. The average molecular weight is 348 g/mol. The lowest BCUT2D eigenvalue weighted by atomic mass is 9.95. The van der Waals surface area contributed by atoms with Gasteiger partial charge in [0.25, 0.3) is 0 Å². The highest BCUT2D eigenvalue weighted by molar-refractivity contribution is 9.10. The molecule has 1 N–H and O–H groups in total. The fourth-order valence-corrected chi connectivity index (χ4v) is 2.90. The largest absolute Gasteiger partial charge is 0.497 e. The van der Waals surface area contributed by atoms with E-state index in [1.807, 2.05) is 12.1 Å². The zero-order chi connectivity index (χ0) is 15.2. The number of likely N-dealkylation sites (N-methyl/N-ethyl adjacent to an activating group) is 1. The Hall–Kier alpha value is -1.32. The summed E-state index contributed by atoms with van der Waals surface area (Å²) in [5, 5.41) is 3.59. The van der Waals surface area contributed by atoms with Crippen LogP contribution in [0.2, 0.25) is 0 Å². The molecule has 21 heavy (non-hydrogen) atoms. The molecule has 0 radical (unpaired) electrons. The smallest absolute Gasteiger partial charge is 0.118 e. The Kier molecular flexibility index (Phi) is 5.83. The topological polar surface area (TPSA) is 21.3 Å². The van der Waals surface area contributed by atoms with Gasteiger partial charge in [0.1, 0.15) is 5.75 Å². The van der Waals surface area contributed by atoms with Crippen molar-refractivity contribution < 1.29 is 4.74 Å². The second-order valence-corrected chi connectivity index (χ2v) is 6.08. The molecule has 0 spiro atoms. The van der Waals surface area contributed by atoms with Crippen LogP contribution in [0.1, 0.15) is 29.7 Å². The van der Waals surface area contributed by atoms with Crippen LogP contribution in [-0.4, -0.2) is 13.7 Å². The molecular weight excluding hydrogens is 326 g/mol. The van der Waals surface area contributed by atoms with Crippen molar-refractivity contribution in [3.63, 3.8) is 0 Å². The second kappa shape index (κ2) is 7.62. The van der Waals surface area contributed by atoms with Gasteiger partial charge >= 0.3 is 0 Å². The quantitative estimate of drug-likeness (QED) is 0.820. The maximum Gasteiger partial charge on any atom is 0.118 e. The van der Waals surface area contributed by atoms with Crippen molar-refractivity contribution in [2.24, 2.45) is 0 Å².